The molecule has 0 rings (SSSR count). The molecule has 9 heavy (non-hydrogen) atoms. The molecule has 0 aromatic heterocycles. The van der Waals surface area contributed by atoms with E-state index in [-0.39, 0.29) is 12.8 Å². The monoisotopic (exact) mass is 130 g/mol. The van der Waals surface area contributed by atoms with E-state index in [2.05, 4.69) is 0 Å². The van der Waals surface area contributed by atoms with Gasteiger partial charge < -0.3 is 14.7 Å². The van der Waals surface area contributed by atoms with Crippen LogP contribution in [0.1, 0.15) is 19.8 Å². The van der Waals surface area contributed by atoms with E-state index in [1.54, 1.807) is 0 Å². The average Bonchev–Trinajstić information content (AvgIpc) is 1.64. The molecule has 0 aliphatic rings. The summed E-state index contributed by atoms with van der Waals surface area (Å²) < 4.78 is 0. The van der Waals surface area contributed by atoms with Crippen LogP contribution in [0.2, 0.25) is 0 Å². The molecule has 0 saturated heterocycles. The number of hydrogen-bond acceptors (Lipinski definition) is 3. The van der Waals surface area contributed by atoms with Crippen molar-refractivity contribution >= 4 is 12.6 Å². The van der Waals surface area contributed by atoms with E-state index in [1.807, 2.05) is 0 Å². The second-order valence-corrected chi connectivity index (χ2v) is 2.24. The first-order chi connectivity index (χ1) is 4.12. The summed E-state index contributed by atoms with van der Waals surface area (Å²) in [5.41, 5.74) is -1.14. The van der Waals surface area contributed by atoms with Gasteiger partial charge in [-0.15, -0.1) is 0 Å². The lowest BCUT2D eigenvalue weighted by Gasteiger charge is -2.15. The fourth-order valence-corrected chi connectivity index (χ4v) is 0.442. The van der Waals surface area contributed by atoms with Gasteiger partial charge in [0, 0.05) is 12.8 Å². The SMILES string of the molecule is CC(O)(CC=O)CC=O. The van der Waals surface area contributed by atoms with Crippen LogP contribution in [0.15, 0.2) is 0 Å². The summed E-state index contributed by atoms with van der Waals surface area (Å²) in [6, 6.07) is 0. The van der Waals surface area contributed by atoms with Crippen LogP contribution in [-0.2, 0) is 9.59 Å². The Balaban J connectivity index is 3.68. The molecule has 0 aromatic rings. The highest BCUT2D eigenvalue weighted by Gasteiger charge is 2.17. The van der Waals surface area contributed by atoms with E-state index < -0.39 is 5.60 Å². The summed E-state index contributed by atoms with van der Waals surface area (Å²) in [5, 5.41) is 9.05. The van der Waals surface area contributed by atoms with Crippen molar-refractivity contribution in [3.05, 3.63) is 0 Å². The molecular weight excluding hydrogens is 120 g/mol. The minimum Gasteiger partial charge on any atom is -0.389 e. The number of carbonyl (C=O) groups is 2. The number of hydrogen-bond donors (Lipinski definition) is 1. The van der Waals surface area contributed by atoms with E-state index >= 15 is 0 Å². The van der Waals surface area contributed by atoms with E-state index in [0.717, 1.165) is 0 Å². The predicted molar refractivity (Wildman–Crippen MR) is 32.0 cm³/mol. The first-order valence-electron chi connectivity index (χ1n) is 2.72. The third-order valence-corrected chi connectivity index (χ3v) is 1.05. The highest BCUT2D eigenvalue weighted by Crippen LogP contribution is 2.09. The van der Waals surface area contributed by atoms with Crippen molar-refractivity contribution in [1.82, 2.24) is 0 Å². The average molecular weight is 130 g/mol. The number of aliphatic hydroxyl groups is 1. The van der Waals surface area contributed by atoms with E-state index in [1.165, 1.54) is 6.92 Å². The van der Waals surface area contributed by atoms with Gasteiger partial charge in [-0.2, -0.15) is 0 Å². The van der Waals surface area contributed by atoms with Gasteiger partial charge >= 0.3 is 0 Å². The topological polar surface area (TPSA) is 54.4 Å². The van der Waals surface area contributed by atoms with Crippen LogP contribution >= 0.6 is 0 Å². The molecular formula is C6H10O3. The van der Waals surface area contributed by atoms with Crippen molar-refractivity contribution in [2.45, 2.75) is 25.4 Å². The molecule has 0 amide bonds. The number of aldehydes is 2. The van der Waals surface area contributed by atoms with Gasteiger partial charge in [-0.3, -0.25) is 0 Å². The Morgan fingerprint density at radius 1 is 1.33 bits per heavy atom. The van der Waals surface area contributed by atoms with Gasteiger partial charge in [0.1, 0.15) is 12.6 Å². The van der Waals surface area contributed by atoms with Gasteiger partial charge in [0.25, 0.3) is 0 Å². The van der Waals surface area contributed by atoms with Gasteiger partial charge in [0.05, 0.1) is 5.60 Å². The summed E-state index contributed by atoms with van der Waals surface area (Å²) in [4.78, 5) is 19.6. The fraction of sp³-hybridized carbons (Fsp3) is 0.667. The van der Waals surface area contributed by atoms with Crippen LogP contribution in [0.3, 0.4) is 0 Å². The minimum atomic E-state index is -1.14. The molecule has 0 aliphatic carbocycles. The van der Waals surface area contributed by atoms with Gasteiger partial charge in [0.2, 0.25) is 0 Å². The summed E-state index contributed by atoms with van der Waals surface area (Å²) in [6.07, 6.45) is 1.24. The third kappa shape index (κ3) is 3.85. The van der Waals surface area contributed by atoms with Crippen molar-refractivity contribution in [3.63, 3.8) is 0 Å². The summed E-state index contributed by atoms with van der Waals surface area (Å²) in [6.45, 7) is 1.45. The molecule has 0 atom stereocenters. The smallest absolute Gasteiger partial charge is 0.122 e. The Hall–Kier alpha value is -0.700. The first kappa shape index (κ1) is 8.30. The molecule has 0 heterocycles. The first-order valence-corrected chi connectivity index (χ1v) is 2.72. The summed E-state index contributed by atoms with van der Waals surface area (Å²) in [7, 11) is 0. The van der Waals surface area contributed by atoms with E-state index in [0.29, 0.717) is 12.6 Å². The van der Waals surface area contributed by atoms with Crippen LogP contribution in [0.25, 0.3) is 0 Å². The standard InChI is InChI=1S/C6H10O3/c1-6(9,2-4-7)3-5-8/h4-5,9H,2-3H2,1H3. The Morgan fingerprint density at radius 3 is 1.89 bits per heavy atom. The lowest BCUT2D eigenvalue weighted by atomic mass is 10.0. The molecule has 0 fully saturated rings. The van der Waals surface area contributed by atoms with Crippen molar-refractivity contribution in [3.8, 4) is 0 Å². The van der Waals surface area contributed by atoms with Crippen LogP contribution in [0.4, 0.5) is 0 Å². The largest absolute Gasteiger partial charge is 0.389 e. The molecule has 52 valence electrons. The Labute approximate surface area is 53.7 Å². The normalized spacial score (nSPS) is 10.9. The van der Waals surface area contributed by atoms with Gasteiger partial charge in [-0.25, -0.2) is 0 Å². The van der Waals surface area contributed by atoms with Crippen LogP contribution in [-0.4, -0.2) is 23.3 Å². The fourth-order valence-electron chi connectivity index (χ4n) is 0.442. The molecule has 0 aliphatic heterocycles. The molecule has 0 unspecified atom stereocenters. The van der Waals surface area contributed by atoms with Gasteiger partial charge in [-0.1, -0.05) is 0 Å². The third-order valence-electron chi connectivity index (χ3n) is 1.05. The molecule has 1 N–H and O–H groups in total. The maximum absolute atomic E-state index is 9.82. The second kappa shape index (κ2) is 3.35. The quantitative estimate of drug-likeness (QED) is 0.541. The molecule has 0 aromatic carbocycles. The molecule has 0 radical (unpaired) electrons. The van der Waals surface area contributed by atoms with Crippen molar-refractivity contribution in [2.24, 2.45) is 0 Å². The van der Waals surface area contributed by atoms with E-state index in [4.69, 9.17) is 5.11 Å². The lowest BCUT2D eigenvalue weighted by molar-refractivity contribution is -0.115. The maximum atomic E-state index is 9.82. The Morgan fingerprint density at radius 2 is 1.67 bits per heavy atom. The zero-order valence-corrected chi connectivity index (χ0v) is 5.33. The van der Waals surface area contributed by atoms with Crippen LogP contribution in [0, 0.1) is 0 Å². The van der Waals surface area contributed by atoms with Crippen LogP contribution in [0.5, 0.6) is 0 Å². The van der Waals surface area contributed by atoms with Crippen molar-refractivity contribution < 1.29 is 14.7 Å². The Bertz CT molecular complexity index is 94.9. The van der Waals surface area contributed by atoms with E-state index in [9.17, 15) is 9.59 Å². The van der Waals surface area contributed by atoms with Crippen molar-refractivity contribution in [2.75, 3.05) is 0 Å². The van der Waals surface area contributed by atoms with Crippen LogP contribution < -0.4 is 0 Å². The minimum absolute atomic E-state index is 0.0196. The predicted octanol–water partition coefficient (Wildman–Crippen LogP) is -0.0846. The summed E-state index contributed by atoms with van der Waals surface area (Å²) >= 11 is 0. The highest BCUT2D eigenvalue weighted by atomic mass is 16.3. The second-order valence-electron chi connectivity index (χ2n) is 2.24. The molecule has 3 nitrogen and oxygen atoms in total. The van der Waals surface area contributed by atoms with Crippen molar-refractivity contribution in [1.29, 1.82) is 0 Å². The maximum Gasteiger partial charge on any atom is 0.122 e. The highest BCUT2D eigenvalue weighted by molar-refractivity contribution is 5.56. The molecule has 0 saturated carbocycles. The van der Waals surface area contributed by atoms with Gasteiger partial charge in [0.15, 0.2) is 0 Å². The zero-order valence-electron chi connectivity index (χ0n) is 5.33. The number of carbonyl (C=O) groups excluding carboxylic acids is 2. The summed E-state index contributed by atoms with van der Waals surface area (Å²) in [5.74, 6) is 0. The lowest BCUT2D eigenvalue weighted by Crippen LogP contribution is -2.24. The molecule has 3 heteroatoms. The molecule has 0 bridgehead atoms. The number of rotatable bonds is 4. The van der Waals surface area contributed by atoms with Gasteiger partial charge in [-0.05, 0) is 6.92 Å². The molecule has 0 spiro atoms. The Kier molecular flexibility index (Phi) is 3.09. The zero-order chi connectivity index (χ0) is 7.33.